The molecule has 0 amide bonds. The molecule has 0 saturated heterocycles. The predicted molar refractivity (Wildman–Crippen MR) is 113 cm³/mol. The van der Waals surface area contributed by atoms with E-state index in [9.17, 15) is 0 Å². The Hall–Kier alpha value is -0.651. The minimum absolute atomic E-state index is 0.907. The van der Waals surface area contributed by atoms with Gasteiger partial charge in [-0.3, -0.25) is 0 Å². The third-order valence-electron chi connectivity index (χ3n) is 4.59. The molecule has 2 aromatic rings. The van der Waals surface area contributed by atoms with E-state index in [2.05, 4.69) is 82.7 Å². The van der Waals surface area contributed by atoms with Gasteiger partial charge in [0.2, 0.25) is 0 Å². The first-order chi connectivity index (χ1) is 12.2. The van der Waals surface area contributed by atoms with Crippen molar-refractivity contribution in [2.24, 2.45) is 0 Å². The molecule has 0 atom stereocenters. The van der Waals surface area contributed by atoms with Crippen molar-refractivity contribution in [1.82, 2.24) is 0 Å². The summed E-state index contributed by atoms with van der Waals surface area (Å²) in [6.07, 6.45) is 8.49. The van der Waals surface area contributed by atoms with Crippen LogP contribution in [0, 0.1) is 0 Å². The average molecular weight is 421 g/mol. The summed E-state index contributed by atoms with van der Waals surface area (Å²) in [6, 6.07) is 21.8. The summed E-state index contributed by atoms with van der Waals surface area (Å²) in [7, 11) is 0. The Balaban J connectivity index is 1.90. The molecule has 0 heterocycles. The second kappa shape index (κ2) is 11.9. The summed E-state index contributed by atoms with van der Waals surface area (Å²) < 4.78 is 5.88. The summed E-state index contributed by atoms with van der Waals surface area (Å²) in [6.45, 7) is 4.03. The first kappa shape index (κ1) is 20.7. The number of unbranched alkanes of at least 4 members (excludes halogenated alkanes) is 1. The third-order valence-corrected chi connectivity index (χ3v) is 11.1. The zero-order valence-electron chi connectivity index (χ0n) is 15.4. The van der Waals surface area contributed by atoms with Crippen LogP contribution in [0.3, 0.4) is 0 Å². The van der Waals surface area contributed by atoms with Crippen LogP contribution in [0.2, 0.25) is 0 Å². The van der Waals surface area contributed by atoms with E-state index >= 15 is 0 Å². The van der Waals surface area contributed by atoms with Crippen LogP contribution in [0.4, 0.5) is 0 Å². The third kappa shape index (κ3) is 8.52. The molecule has 2 rings (SSSR count). The molecule has 0 spiro atoms. The quantitative estimate of drug-likeness (QED) is 0.254. The maximum absolute atomic E-state index is 5.88. The zero-order chi connectivity index (χ0) is 17.8. The van der Waals surface area contributed by atoms with Crippen LogP contribution >= 0.6 is 5.51 Å². The fraction of sp³-hybridized carbons (Fsp3) is 0.455. The monoisotopic (exact) mass is 422 g/mol. The van der Waals surface area contributed by atoms with Crippen molar-refractivity contribution in [2.75, 3.05) is 31.7 Å². The molecule has 0 aliphatic rings. The molecular weight excluding hydrogens is 390 g/mol. The summed E-state index contributed by atoms with van der Waals surface area (Å²) in [4.78, 5) is 0. The molecule has 0 saturated carbocycles. The van der Waals surface area contributed by atoms with Crippen LogP contribution in [0.15, 0.2) is 60.7 Å². The first-order valence-corrected chi connectivity index (χ1v) is 14.0. The first-order valence-electron chi connectivity index (χ1n) is 9.44. The van der Waals surface area contributed by atoms with Gasteiger partial charge in [-0.2, -0.15) is 0 Å². The number of rotatable bonds is 12. The number of aryl methyl sites for hydroxylation is 2. The van der Waals surface area contributed by atoms with Crippen LogP contribution in [0.1, 0.15) is 30.9 Å². The Morgan fingerprint density at radius 1 is 0.760 bits per heavy atom. The Kier molecular flexibility index (Phi) is 9.81. The Morgan fingerprint density at radius 2 is 1.28 bits per heavy atom. The van der Waals surface area contributed by atoms with Crippen molar-refractivity contribution < 1.29 is 4.74 Å². The van der Waals surface area contributed by atoms with Gasteiger partial charge in [0.25, 0.3) is 0 Å². The second-order valence-corrected chi connectivity index (χ2v) is 15.0. The Bertz CT molecular complexity index is 579. The van der Waals surface area contributed by atoms with E-state index in [-0.39, 0.29) is 0 Å². The fourth-order valence-electron chi connectivity index (χ4n) is 2.87. The van der Waals surface area contributed by atoms with Crippen LogP contribution in [0.25, 0.3) is 0 Å². The molecule has 0 aliphatic heterocycles. The van der Waals surface area contributed by atoms with Gasteiger partial charge in [0.15, 0.2) is 0 Å². The van der Waals surface area contributed by atoms with E-state index < -0.39 is 5.51 Å². The molecule has 1 nitrogen and oxygen atoms in total. The van der Waals surface area contributed by atoms with E-state index in [0.717, 1.165) is 13.2 Å². The molecule has 0 fully saturated rings. The van der Waals surface area contributed by atoms with Gasteiger partial charge in [-0.25, -0.2) is 0 Å². The van der Waals surface area contributed by atoms with Crippen LogP contribution in [0.5, 0.6) is 0 Å². The molecule has 0 radical (unpaired) electrons. The van der Waals surface area contributed by atoms with Crippen molar-refractivity contribution in [1.29, 1.82) is 0 Å². The van der Waals surface area contributed by atoms with Crippen molar-refractivity contribution in [2.45, 2.75) is 32.6 Å². The van der Waals surface area contributed by atoms with Crippen molar-refractivity contribution in [3.8, 4) is 0 Å². The van der Waals surface area contributed by atoms with E-state index in [1.54, 1.807) is 0 Å². The molecule has 0 aliphatic carbocycles. The molecular formula is C22H31OPSe. The van der Waals surface area contributed by atoms with Crippen molar-refractivity contribution >= 4 is 20.6 Å². The van der Waals surface area contributed by atoms with Crippen molar-refractivity contribution in [3.05, 3.63) is 71.8 Å². The Morgan fingerprint density at radius 3 is 1.76 bits per heavy atom. The van der Waals surface area contributed by atoms with Crippen molar-refractivity contribution in [3.63, 3.8) is 0 Å². The molecule has 0 aromatic heterocycles. The topological polar surface area (TPSA) is 9.23 Å². The van der Waals surface area contributed by atoms with Gasteiger partial charge in [-0.15, -0.1) is 0 Å². The molecule has 136 valence electrons. The number of hydrogen-bond acceptors (Lipinski definition) is 1. The number of ether oxygens (including phenoxy) is 1. The molecule has 0 N–H and O–H groups in total. The fourth-order valence-corrected chi connectivity index (χ4v) is 6.95. The Labute approximate surface area is 161 Å². The van der Waals surface area contributed by atoms with E-state index in [1.807, 2.05) is 0 Å². The van der Waals surface area contributed by atoms with E-state index in [0.29, 0.717) is 0 Å². The van der Waals surface area contributed by atoms with Crippen LogP contribution in [-0.4, -0.2) is 46.8 Å². The number of benzene rings is 2. The summed E-state index contributed by atoms with van der Waals surface area (Å²) in [5.41, 5.74) is 1.81. The average Bonchev–Trinajstić information content (AvgIpc) is 2.67. The molecule has 3 heteroatoms. The summed E-state index contributed by atoms with van der Waals surface area (Å²) in [5.74, 6) is 0. The van der Waals surface area contributed by atoms with Crippen LogP contribution in [-0.2, 0) is 17.6 Å². The minimum atomic E-state index is -1.10. The second-order valence-electron chi connectivity index (χ2n) is 6.67. The summed E-state index contributed by atoms with van der Waals surface area (Å²) >= 11 is 3.65. The van der Waals surface area contributed by atoms with E-state index in [4.69, 9.17) is 4.74 Å². The molecule has 2 aromatic carbocycles. The van der Waals surface area contributed by atoms with Gasteiger partial charge in [-0.05, 0) is 0 Å². The van der Waals surface area contributed by atoms with Gasteiger partial charge >= 0.3 is 161 Å². The van der Waals surface area contributed by atoms with E-state index in [1.165, 1.54) is 55.3 Å². The van der Waals surface area contributed by atoms with Gasteiger partial charge in [0.05, 0.1) is 0 Å². The predicted octanol–water partition coefficient (Wildman–Crippen LogP) is 5.39. The zero-order valence-corrected chi connectivity index (χ0v) is 18.0. The van der Waals surface area contributed by atoms with Gasteiger partial charge in [0, 0.05) is 0 Å². The normalized spacial score (nSPS) is 11.6. The van der Waals surface area contributed by atoms with Crippen LogP contribution < -0.4 is 0 Å². The van der Waals surface area contributed by atoms with Gasteiger partial charge in [0.1, 0.15) is 0 Å². The maximum atomic E-state index is 5.88. The molecule has 0 bridgehead atoms. The molecule has 25 heavy (non-hydrogen) atoms. The molecule has 0 unspecified atom stereocenters. The van der Waals surface area contributed by atoms with Gasteiger partial charge < -0.3 is 0 Å². The SMILES string of the molecule is CCCCOCCP(=[Se])(CCc1ccccc1)CCc1ccccc1. The number of hydrogen-bond donors (Lipinski definition) is 0. The summed E-state index contributed by atoms with van der Waals surface area (Å²) in [5, 5.41) is 0. The van der Waals surface area contributed by atoms with Gasteiger partial charge in [-0.1, -0.05) is 0 Å². The standard InChI is InChI=1S/C22H31OPSe/c1-2-3-16-23-17-20-24(25,18-14-21-10-6-4-7-11-21)19-15-22-12-8-5-9-13-22/h4-13H,2-3,14-20H2,1H3.